The Balaban J connectivity index is 1.60. The lowest BCUT2D eigenvalue weighted by Crippen LogP contribution is -2.17. The van der Waals surface area contributed by atoms with E-state index in [2.05, 4.69) is 11.6 Å². The second-order valence-electron chi connectivity index (χ2n) is 8.92. The molecule has 2 rings (SSSR count). The third kappa shape index (κ3) is 9.27. The number of sulfonamides is 1. The van der Waals surface area contributed by atoms with E-state index >= 15 is 0 Å². The molecule has 0 spiro atoms. The molecule has 0 aliphatic heterocycles. The van der Waals surface area contributed by atoms with Crippen LogP contribution in [0.3, 0.4) is 0 Å². The van der Waals surface area contributed by atoms with Gasteiger partial charge < -0.3 is 10.8 Å². The Bertz CT molecular complexity index is 913. The summed E-state index contributed by atoms with van der Waals surface area (Å²) in [6.45, 7) is 2.26. The van der Waals surface area contributed by atoms with Crippen molar-refractivity contribution in [1.29, 1.82) is 0 Å². The number of rotatable bonds is 17. The Hall–Kier alpha value is -1.95. The Kier molecular flexibility index (Phi) is 11.7. The monoisotopic (exact) mass is 462 g/mol. The maximum atomic E-state index is 12.5. The van der Waals surface area contributed by atoms with E-state index in [0.717, 1.165) is 18.2 Å². The number of nitrogen functional groups attached to an aromatic ring is 1. The summed E-state index contributed by atoms with van der Waals surface area (Å²) in [6, 6.07) is 8.55. The molecule has 0 aliphatic carbocycles. The van der Waals surface area contributed by atoms with E-state index in [1.54, 1.807) is 18.2 Å². The topological polar surface area (TPSA) is 92.4 Å². The van der Waals surface area contributed by atoms with Gasteiger partial charge in [0.2, 0.25) is 10.0 Å². The van der Waals surface area contributed by atoms with Crippen LogP contribution in [0.1, 0.15) is 96.8 Å². The molecule has 0 saturated heterocycles. The average molecular weight is 463 g/mol. The molecule has 0 fully saturated rings. The summed E-state index contributed by atoms with van der Waals surface area (Å²) in [4.78, 5) is 0. The molecule has 0 radical (unpaired) electrons. The number of phenols is 1. The van der Waals surface area contributed by atoms with Crippen molar-refractivity contribution in [3.63, 3.8) is 0 Å². The van der Waals surface area contributed by atoms with Gasteiger partial charge in [-0.15, -0.1) is 0 Å². The van der Waals surface area contributed by atoms with Crippen molar-refractivity contribution in [2.75, 3.05) is 16.2 Å². The summed E-state index contributed by atoms with van der Waals surface area (Å²) in [5.74, 6) is 0.0521. The molecule has 0 amide bonds. The number of hydrogen-bond acceptors (Lipinski definition) is 4. The number of phenolic OH excluding ortho intramolecular Hbond substituents is 1. The van der Waals surface area contributed by atoms with Gasteiger partial charge in [0.25, 0.3) is 0 Å². The first-order chi connectivity index (χ1) is 15.4. The minimum absolute atomic E-state index is 0.0453. The SMILES string of the molecule is CCCCCCCCCCCCCCCCS(=O)(=O)Nc1cccc2ccc(O)c(N)c12. The summed E-state index contributed by atoms with van der Waals surface area (Å²) < 4.78 is 27.7. The lowest BCUT2D eigenvalue weighted by Gasteiger charge is -2.13. The van der Waals surface area contributed by atoms with Crippen molar-refractivity contribution in [1.82, 2.24) is 0 Å². The number of unbranched alkanes of at least 4 members (excludes halogenated alkanes) is 13. The summed E-state index contributed by atoms with van der Waals surface area (Å²) in [5.41, 5.74) is 6.59. The van der Waals surface area contributed by atoms with Crippen LogP contribution in [0, 0.1) is 0 Å². The van der Waals surface area contributed by atoms with Gasteiger partial charge in [0.1, 0.15) is 5.75 Å². The smallest absolute Gasteiger partial charge is 0.232 e. The molecule has 0 unspecified atom stereocenters. The van der Waals surface area contributed by atoms with Crippen LogP contribution in [0.5, 0.6) is 5.75 Å². The summed E-state index contributed by atoms with van der Waals surface area (Å²) >= 11 is 0. The van der Waals surface area contributed by atoms with Gasteiger partial charge >= 0.3 is 0 Å². The van der Waals surface area contributed by atoms with Crippen LogP contribution in [0.4, 0.5) is 11.4 Å². The summed E-state index contributed by atoms with van der Waals surface area (Å²) in [7, 11) is -3.46. The lowest BCUT2D eigenvalue weighted by atomic mass is 10.0. The van der Waals surface area contributed by atoms with E-state index in [4.69, 9.17) is 5.73 Å². The average Bonchev–Trinajstić information content (AvgIpc) is 2.76. The fraction of sp³-hybridized carbons (Fsp3) is 0.615. The molecule has 2 aromatic rings. The normalized spacial score (nSPS) is 11.8. The number of aromatic hydroxyl groups is 1. The number of hydrogen-bond donors (Lipinski definition) is 3. The fourth-order valence-corrected chi connectivity index (χ4v) is 5.38. The van der Waals surface area contributed by atoms with E-state index < -0.39 is 10.0 Å². The molecule has 180 valence electrons. The van der Waals surface area contributed by atoms with E-state index in [-0.39, 0.29) is 17.2 Å². The van der Waals surface area contributed by atoms with Crippen molar-refractivity contribution >= 4 is 32.2 Å². The van der Waals surface area contributed by atoms with Crippen molar-refractivity contribution in [3.05, 3.63) is 30.3 Å². The van der Waals surface area contributed by atoms with Crippen molar-refractivity contribution in [3.8, 4) is 5.75 Å². The Morgan fingerprint density at radius 3 is 1.88 bits per heavy atom. The van der Waals surface area contributed by atoms with E-state index in [1.807, 2.05) is 6.07 Å². The quantitative estimate of drug-likeness (QED) is 0.130. The zero-order chi connectivity index (χ0) is 23.2. The molecular weight excluding hydrogens is 420 g/mol. The zero-order valence-corrected chi connectivity index (χ0v) is 20.6. The van der Waals surface area contributed by atoms with Gasteiger partial charge in [-0.2, -0.15) is 0 Å². The van der Waals surface area contributed by atoms with Crippen LogP contribution in [0.15, 0.2) is 30.3 Å². The number of benzene rings is 2. The largest absolute Gasteiger partial charge is 0.506 e. The lowest BCUT2D eigenvalue weighted by molar-refractivity contribution is 0.478. The number of anilines is 2. The minimum Gasteiger partial charge on any atom is -0.506 e. The predicted octanol–water partition coefficient (Wildman–Crippen LogP) is 7.35. The molecule has 0 aliphatic rings. The predicted molar refractivity (Wildman–Crippen MR) is 138 cm³/mol. The van der Waals surface area contributed by atoms with Crippen LogP contribution in [0.25, 0.3) is 10.8 Å². The molecule has 0 atom stereocenters. The van der Waals surface area contributed by atoms with Gasteiger partial charge in [-0.05, 0) is 23.9 Å². The first-order valence-corrected chi connectivity index (χ1v) is 14.1. The second kappa shape index (κ2) is 14.2. The van der Waals surface area contributed by atoms with Gasteiger partial charge in [0.05, 0.1) is 17.1 Å². The molecule has 0 saturated carbocycles. The molecular formula is C26H42N2O3S. The third-order valence-electron chi connectivity index (χ3n) is 6.09. The highest BCUT2D eigenvalue weighted by molar-refractivity contribution is 7.92. The first kappa shape index (κ1) is 26.3. The number of nitrogens with two attached hydrogens (primary N) is 1. The van der Waals surface area contributed by atoms with Gasteiger partial charge in [0.15, 0.2) is 0 Å². The Morgan fingerprint density at radius 2 is 1.31 bits per heavy atom. The maximum Gasteiger partial charge on any atom is 0.232 e. The van der Waals surface area contributed by atoms with E-state index in [9.17, 15) is 13.5 Å². The van der Waals surface area contributed by atoms with Crippen LogP contribution in [0.2, 0.25) is 0 Å². The highest BCUT2D eigenvalue weighted by atomic mass is 32.2. The maximum absolute atomic E-state index is 12.5. The van der Waals surface area contributed by atoms with Crippen molar-refractivity contribution < 1.29 is 13.5 Å². The first-order valence-electron chi connectivity index (χ1n) is 12.5. The van der Waals surface area contributed by atoms with Crippen LogP contribution < -0.4 is 10.5 Å². The van der Waals surface area contributed by atoms with Crippen molar-refractivity contribution in [2.45, 2.75) is 96.8 Å². The Labute approximate surface area is 194 Å². The molecule has 5 nitrogen and oxygen atoms in total. The molecule has 6 heteroatoms. The van der Waals surface area contributed by atoms with Gasteiger partial charge in [-0.3, -0.25) is 4.72 Å². The van der Waals surface area contributed by atoms with Crippen molar-refractivity contribution in [2.24, 2.45) is 0 Å². The van der Waals surface area contributed by atoms with Gasteiger partial charge in [-0.25, -0.2) is 8.42 Å². The van der Waals surface area contributed by atoms with Gasteiger partial charge in [0, 0.05) is 5.39 Å². The molecule has 0 bridgehead atoms. The van der Waals surface area contributed by atoms with Gasteiger partial charge in [-0.1, -0.05) is 109 Å². The second-order valence-corrected chi connectivity index (χ2v) is 10.8. The third-order valence-corrected chi connectivity index (χ3v) is 7.45. The molecule has 4 N–H and O–H groups in total. The number of nitrogens with one attached hydrogen (secondary N) is 1. The highest BCUT2D eigenvalue weighted by Crippen LogP contribution is 2.35. The molecule has 32 heavy (non-hydrogen) atoms. The molecule has 0 heterocycles. The molecule has 2 aromatic carbocycles. The highest BCUT2D eigenvalue weighted by Gasteiger charge is 2.14. The van der Waals surface area contributed by atoms with E-state index in [0.29, 0.717) is 17.5 Å². The van der Waals surface area contributed by atoms with Crippen LogP contribution in [-0.4, -0.2) is 19.3 Å². The van der Waals surface area contributed by atoms with E-state index in [1.165, 1.54) is 76.7 Å². The summed E-state index contributed by atoms with van der Waals surface area (Å²) in [6.07, 6.45) is 17.3. The molecule has 0 aromatic heterocycles. The van der Waals surface area contributed by atoms with Crippen LogP contribution >= 0.6 is 0 Å². The fourth-order valence-electron chi connectivity index (χ4n) is 4.19. The minimum atomic E-state index is -3.46. The zero-order valence-electron chi connectivity index (χ0n) is 19.7. The standard InChI is InChI=1S/C26H42N2O3S/c1-2-3-4-5-6-7-8-9-10-11-12-13-14-15-21-32(30,31)28-23-18-16-17-22-19-20-24(29)26(27)25(22)23/h16-20,28-29H,2-15,21,27H2,1H3. The number of fused-ring (bicyclic) bond motifs is 1. The summed E-state index contributed by atoms with van der Waals surface area (Å²) in [5, 5.41) is 11.2. The van der Waals surface area contributed by atoms with Crippen LogP contribution in [-0.2, 0) is 10.0 Å². The Morgan fingerprint density at radius 1 is 0.781 bits per heavy atom.